The Hall–Kier alpha value is -1.05. The van der Waals surface area contributed by atoms with Gasteiger partial charge in [0.25, 0.3) is 0 Å². The third-order valence-electron chi connectivity index (χ3n) is 5.42. The first kappa shape index (κ1) is 17.8. The van der Waals surface area contributed by atoms with Crippen LogP contribution in [0.25, 0.3) is 0 Å². The molecular formula is C17H29N5OS. The van der Waals surface area contributed by atoms with Crippen molar-refractivity contribution in [3.63, 3.8) is 0 Å². The van der Waals surface area contributed by atoms with Gasteiger partial charge in [0.15, 0.2) is 5.16 Å². The average molecular weight is 352 g/mol. The van der Waals surface area contributed by atoms with Gasteiger partial charge in [-0.2, -0.15) is 0 Å². The second kappa shape index (κ2) is 7.89. The van der Waals surface area contributed by atoms with Gasteiger partial charge >= 0.3 is 0 Å². The number of amides is 1. The number of carbonyl (C=O) groups is 1. The van der Waals surface area contributed by atoms with E-state index in [1.807, 2.05) is 24.1 Å². The molecule has 1 atom stereocenters. The van der Waals surface area contributed by atoms with Crippen LogP contribution in [0.15, 0.2) is 11.4 Å². The summed E-state index contributed by atoms with van der Waals surface area (Å²) in [5.41, 5.74) is 1.05. The Labute approximate surface area is 149 Å². The zero-order valence-corrected chi connectivity index (χ0v) is 15.8. The first-order chi connectivity index (χ1) is 11.6. The van der Waals surface area contributed by atoms with Crippen LogP contribution in [0.2, 0.25) is 0 Å². The van der Waals surface area contributed by atoms with Crippen molar-refractivity contribution in [1.29, 1.82) is 0 Å². The standard InChI is InChI=1S/C17H29N5OS/c1-20-9-6-13(7-10-20)22-8-4-5-15(22)16(23)18-11-14-12-19-17(24-3)21(14)2/h12-13,15H,4-11H2,1-3H3,(H,18,23)/t15-/m0/s1. The summed E-state index contributed by atoms with van der Waals surface area (Å²) >= 11 is 1.62. The van der Waals surface area contributed by atoms with E-state index in [0.717, 1.165) is 43.3 Å². The Bertz CT molecular complexity index is 567. The Morgan fingerprint density at radius 2 is 2.04 bits per heavy atom. The van der Waals surface area contributed by atoms with Crippen molar-refractivity contribution in [2.45, 2.75) is 49.5 Å². The number of carbonyl (C=O) groups excluding carboxylic acids is 1. The molecule has 24 heavy (non-hydrogen) atoms. The third kappa shape index (κ3) is 3.78. The summed E-state index contributed by atoms with van der Waals surface area (Å²) in [5, 5.41) is 4.12. The molecule has 1 aromatic rings. The van der Waals surface area contributed by atoms with Crippen LogP contribution in [0.1, 0.15) is 31.4 Å². The molecule has 1 amide bonds. The lowest BCUT2D eigenvalue weighted by Gasteiger charge is -2.37. The van der Waals surface area contributed by atoms with Crippen LogP contribution in [0, 0.1) is 0 Å². The second-order valence-corrected chi connectivity index (χ2v) is 7.72. The molecule has 134 valence electrons. The van der Waals surface area contributed by atoms with Crippen molar-refractivity contribution in [3.8, 4) is 0 Å². The van der Waals surface area contributed by atoms with E-state index in [0.29, 0.717) is 12.6 Å². The zero-order valence-electron chi connectivity index (χ0n) is 15.0. The predicted octanol–water partition coefficient (Wildman–Crippen LogP) is 1.32. The minimum Gasteiger partial charge on any atom is -0.349 e. The maximum absolute atomic E-state index is 12.7. The molecule has 7 heteroatoms. The molecule has 0 saturated carbocycles. The average Bonchev–Trinajstić information content (AvgIpc) is 3.20. The largest absolute Gasteiger partial charge is 0.349 e. The Morgan fingerprint density at radius 3 is 2.71 bits per heavy atom. The topological polar surface area (TPSA) is 53.4 Å². The van der Waals surface area contributed by atoms with E-state index in [4.69, 9.17) is 0 Å². The summed E-state index contributed by atoms with van der Waals surface area (Å²) in [6.07, 6.45) is 8.35. The fraction of sp³-hybridized carbons (Fsp3) is 0.765. The van der Waals surface area contributed by atoms with Crippen molar-refractivity contribution < 1.29 is 4.79 Å². The molecule has 3 heterocycles. The van der Waals surface area contributed by atoms with Gasteiger partial charge < -0.3 is 14.8 Å². The summed E-state index contributed by atoms with van der Waals surface area (Å²) in [4.78, 5) is 21.9. The fourth-order valence-corrected chi connectivity index (χ4v) is 4.46. The van der Waals surface area contributed by atoms with Crippen LogP contribution in [0.3, 0.4) is 0 Å². The minimum atomic E-state index is 0.0478. The number of rotatable bonds is 5. The molecule has 0 aliphatic carbocycles. The van der Waals surface area contributed by atoms with Crippen molar-refractivity contribution in [2.24, 2.45) is 7.05 Å². The van der Waals surface area contributed by atoms with Gasteiger partial charge in [0.1, 0.15) is 0 Å². The summed E-state index contributed by atoms with van der Waals surface area (Å²) in [6.45, 7) is 3.90. The van der Waals surface area contributed by atoms with Crippen LogP contribution in [0.4, 0.5) is 0 Å². The summed E-state index contributed by atoms with van der Waals surface area (Å²) in [5.74, 6) is 0.179. The van der Waals surface area contributed by atoms with E-state index in [-0.39, 0.29) is 11.9 Å². The monoisotopic (exact) mass is 351 g/mol. The molecule has 0 radical (unpaired) electrons. The summed E-state index contributed by atoms with van der Waals surface area (Å²) in [7, 11) is 4.18. The maximum atomic E-state index is 12.7. The van der Waals surface area contributed by atoms with Gasteiger partial charge in [-0.1, -0.05) is 11.8 Å². The molecule has 0 aromatic carbocycles. The first-order valence-electron chi connectivity index (χ1n) is 8.86. The van der Waals surface area contributed by atoms with Crippen LogP contribution in [0.5, 0.6) is 0 Å². The molecule has 2 saturated heterocycles. The van der Waals surface area contributed by atoms with Gasteiger partial charge in [-0.3, -0.25) is 9.69 Å². The van der Waals surface area contributed by atoms with E-state index < -0.39 is 0 Å². The Kier molecular flexibility index (Phi) is 5.84. The van der Waals surface area contributed by atoms with E-state index in [2.05, 4.69) is 27.1 Å². The number of nitrogens with one attached hydrogen (secondary N) is 1. The van der Waals surface area contributed by atoms with Crippen molar-refractivity contribution in [3.05, 3.63) is 11.9 Å². The van der Waals surface area contributed by atoms with Crippen LogP contribution in [-0.2, 0) is 18.4 Å². The molecule has 1 N–H and O–H groups in total. The molecular weight excluding hydrogens is 322 g/mol. The minimum absolute atomic E-state index is 0.0478. The van der Waals surface area contributed by atoms with Crippen molar-refractivity contribution in [2.75, 3.05) is 32.9 Å². The molecule has 3 rings (SSSR count). The predicted molar refractivity (Wildman–Crippen MR) is 97.1 cm³/mol. The van der Waals surface area contributed by atoms with Gasteiger partial charge in [0.05, 0.1) is 24.5 Å². The Morgan fingerprint density at radius 1 is 1.29 bits per heavy atom. The second-order valence-electron chi connectivity index (χ2n) is 6.94. The van der Waals surface area contributed by atoms with E-state index in [1.165, 1.54) is 12.8 Å². The Balaban J connectivity index is 1.56. The van der Waals surface area contributed by atoms with Gasteiger partial charge in [-0.25, -0.2) is 4.98 Å². The van der Waals surface area contributed by atoms with Gasteiger partial charge in [0, 0.05) is 13.1 Å². The number of imidazole rings is 1. The van der Waals surface area contributed by atoms with Gasteiger partial charge in [0.2, 0.25) is 5.91 Å². The maximum Gasteiger partial charge on any atom is 0.237 e. The lowest BCUT2D eigenvalue weighted by molar-refractivity contribution is -0.126. The highest BCUT2D eigenvalue weighted by Gasteiger charge is 2.36. The number of hydrogen-bond donors (Lipinski definition) is 1. The molecule has 0 bridgehead atoms. The summed E-state index contributed by atoms with van der Waals surface area (Å²) < 4.78 is 2.05. The fourth-order valence-electron chi connectivity index (χ4n) is 3.91. The molecule has 0 unspecified atom stereocenters. The highest BCUT2D eigenvalue weighted by atomic mass is 32.2. The van der Waals surface area contributed by atoms with Crippen LogP contribution in [-0.4, -0.2) is 70.3 Å². The lowest BCUT2D eigenvalue weighted by atomic mass is 10.0. The number of thioether (sulfide) groups is 1. The molecule has 1 aromatic heterocycles. The van der Waals surface area contributed by atoms with Crippen molar-refractivity contribution in [1.82, 2.24) is 24.7 Å². The normalized spacial score (nSPS) is 23.7. The number of piperidine rings is 1. The zero-order chi connectivity index (χ0) is 17.1. The molecule has 0 spiro atoms. The third-order valence-corrected chi connectivity index (χ3v) is 6.17. The molecule has 2 fully saturated rings. The number of likely N-dealkylation sites (tertiary alicyclic amines) is 2. The highest BCUT2D eigenvalue weighted by Crippen LogP contribution is 2.26. The number of hydrogen-bond acceptors (Lipinski definition) is 5. The smallest absolute Gasteiger partial charge is 0.237 e. The van der Waals surface area contributed by atoms with Crippen molar-refractivity contribution >= 4 is 17.7 Å². The summed E-state index contributed by atoms with van der Waals surface area (Å²) in [6, 6.07) is 0.617. The van der Waals surface area contributed by atoms with Crippen LogP contribution >= 0.6 is 11.8 Å². The number of nitrogens with zero attached hydrogens (tertiary/aromatic N) is 4. The molecule has 2 aliphatic heterocycles. The SMILES string of the molecule is CSc1ncc(CNC(=O)[C@@H]2CCCN2C2CCN(C)CC2)n1C. The molecule has 6 nitrogen and oxygen atoms in total. The van der Waals surface area contributed by atoms with E-state index >= 15 is 0 Å². The number of aromatic nitrogens is 2. The quantitative estimate of drug-likeness (QED) is 0.811. The van der Waals surface area contributed by atoms with Gasteiger partial charge in [-0.05, 0) is 58.6 Å². The molecule has 2 aliphatic rings. The highest BCUT2D eigenvalue weighted by molar-refractivity contribution is 7.98. The first-order valence-corrected chi connectivity index (χ1v) is 10.1. The lowest BCUT2D eigenvalue weighted by Crippen LogP contribution is -2.50. The van der Waals surface area contributed by atoms with Crippen LogP contribution < -0.4 is 5.32 Å². The van der Waals surface area contributed by atoms with E-state index in [9.17, 15) is 4.79 Å². The van der Waals surface area contributed by atoms with E-state index in [1.54, 1.807) is 11.8 Å². The van der Waals surface area contributed by atoms with Gasteiger partial charge in [-0.15, -0.1) is 0 Å².